The Morgan fingerprint density at radius 3 is 2.71 bits per heavy atom. The van der Waals surface area contributed by atoms with Crippen LogP contribution in [0.4, 0.5) is 11.8 Å². The van der Waals surface area contributed by atoms with Crippen LogP contribution in [-0.2, 0) is 0 Å². The summed E-state index contributed by atoms with van der Waals surface area (Å²) in [6.07, 6.45) is 2.71. The van der Waals surface area contributed by atoms with Crippen LogP contribution in [0.3, 0.4) is 0 Å². The van der Waals surface area contributed by atoms with Gasteiger partial charge in [0.1, 0.15) is 12.1 Å². The molecule has 1 aromatic carbocycles. The third-order valence-electron chi connectivity index (χ3n) is 3.01. The standard InChI is InChI=1S/C15H10Cl2N6O/c16-9-1-2-11(17)10(6-9)13-20-7-21-15(22-13)23-14(24)8-3-4-19-12(18)5-8/h1-7H,(H2,18,19)(H,20,21,22,23,24). The van der Waals surface area contributed by atoms with E-state index in [9.17, 15) is 4.79 Å². The van der Waals surface area contributed by atoms with Crippen molar-refractivity contribution < 1.29 is 4.79 Å². The molecule has 120 valence electrons. The maximum Gasteiger partial charge on any atom is 0.258 e. The number of nitrogens with one attached hydrogen (secondary N) is 1. The quantitative estimate of drug-likeness (QED) is 0.743. The van der Waals surface area contributed by atoms with E-state index in [1.807, 2.05) is 0 Å². The summed E-state index contributed by atoms with van der Waals surface area (Å²) >= 11 is 12.1. The minimum Gasteiger partial charge on any atom is -0.384 e. The Balaban J connectivity index is 1.88. The summed E-state index contributed by atoms with van der Waals surface area (Å²) in [7, 11) is 0. The van der Waals surface area contributed by atoms with Crippen LogP contribution in [0.5, 0.6) is 0 Å². The molecular weight excluding hydrogens is 351 g/mol. The van der Waals surface area contributed by atoms with Crippen LogP contribution >= 0.6 is 23.2 Å². The number of carbonyl (C=O) groups excluding carboxylic acids is 1. The van der Waals surface area contributed by atoms with Gasteiger partial charge in [0, 0.05) is 22.3 Å². The molecule has 24 heavy (non-hydrogen) atoms. The van der Waals surface area contributed by atoms with Crippen LogP contribution in [-0.4, -0.2) is 25.8 Å². The first-order valence-electron chi connectivity index (χ1n) is 6.70. The second kappa shape index (κ2) is 6.77. The summed E-state index contributed by atoms with van der Waals surface area (Å²) < 4.78 is 0. The van der Waals surface area contributed by atoms with Crippen LogP contribution < -0.4 is 11.1 Å². The molecule has 9 heteroatoms. The summed E-state index contributed by atoms with van der Waals surface area (Å²) in [6.45, 7) is 0. The molecule has 2 heterocycles. The van der Waals surface area contributed by atoms with Gasteiger partial charge in [-0.05, 0) is 30.3 Å². The molecule has 0 radical (unpaired) electrons. The van der Waals surface area contributed by atoms with E-state index >= 15 is 0 Å². The first-order chi connectivity index (χ1) is 11.5. The van der Waals surface area contributed by atoms with Crippen molar-refractivity contribution >= 4 is 40.9 Å². The normalized spacial score (nSPS) is 10.4. The number of nitrogens with zero attached hydrogens (tertiary/aromatic N) is 4. The number of hydrogen-bond donors (Lipinski definition) is 2. The molecule has 2 aromatic heterocycles. The fraction of sp³-hybridized carbons (Fsp3) is 0. The van der Waals surface area contributed by atoms with Crippen molar-refractivity contribution in [3.05, 3.63) is 58.5 Å². The van der Waals surface area contributed by atoms with Crippen molar-refractivity contribution in [2.75, 3.05) is 11.1 Å². The lowest BCUT2D eigenvalue weighted by molar-refractivity contribution is 0.102. The second-order valence-electron chi connectivity index (χ2n) is 4.68. The van der Waals surface area contributed by atoms with E-state index < -0.39 is 5.91 Å². The zero-order chi connectivity index (χ0) is 17.1. The number of nitrogens with two attached hydrogens (primary N) is 1. The molecule has 3 N–H and O–H groups in total. The molecule has 1 amide bonds. The highest BCUT2D eigenvalue weighted by Crippen LogP contribution is 2.28. The molecule has 0 aliphatic carbocycles. The van der Waals surface area contributed by atoms with Gasteiger partial charge in [-0.15, -0.1) is 0 Å². The minimum absolute atomic E-state index is 0.0800. The molecule has 0 bridgehead atoms. The highest BCUT2D eigenvalue weighted by molar-refractivity contribution is 6.35. The van der Waals surface area contributed by atoms with Crippen molar-refractivity contribution in [3.63, 3.8) is 0 Å². The Bertz CT molecular complexity index is 918. The number of amides is 1. The fourth-order valence-corrected chi connectivity index (χ4v) is 2.29. The largest absolute Gasteiger partial charge is 0.384 e. The number of benzene rings is 1. The maximum absolute atomic E-state index is 12.2. The molecule has 0 saturated heterocycles. The van der Waals surface area contributed by atoms with Gasteiger partial charge in [-0.1, -0.05) is 23.2 Å². The van der Waals surface area contributed by atoms with Crippen molar-refractivity contribution in [3.8, 4) is 11.4 Å². The summed E-state index contributed by atoms with van der Waals surface area (Å²) in [4.78, 5) is 28.2. The first-order valence-corrected chi connectivity index (χ1v) is 7.46. The van der Waals surface area contributed by atoms with Gasteiger partial charge in [-0.3, -0.25) is 10.1 Å². The van der Waals surface area contributed by atoms with E-state index in [4.69, 9.17) is 28.9 Å². The predicted molar refractivity (Wildman–Crippen MR) is 91.9 cm³/mol. The molecule has 3 rings (SSSR count). The van der Waals surface area contributed by atoms with Crippen molar-refractivity contribution in [2.24, 2.45) is 0 Å². The molecule has 0 saturated carbocycles. The minimum atomic E-state index is -0.418. The second-order valence-corrected chi connectivity index (χ2v) is 5.52. The van der Waals surface area contributed by atoms with Gasteiger partial charge in [-0.2, -0.15) is 4.98 Å². The average molecular weight is 361 g/mol. The Kier molecular flexibility index (Phi) is 4.54. The number of anilines is 2. The molecule has 0 spiro atoms. The predicted octanol–water partition coefficient (Wildman–Crippen LogP) is 3.07. The van der Waals surface area contributed by atoms with Crippen LogP contribution in [0.15, 0.2) is 42.9 Å². The third kappa shape index (κ3) is 3.58. The van der Waals surface area contributed by atoms with E-state index in [-0.39, 0.29) is 11.8 Å². The lowest BCUT2D eigenvalue weighted by atomic mass is 10.2. The highest BCUT2D eigenvalue weighted by atomic mass is 35.5. The Labute approximate surface area is 146 Å². The summed E-state index contributed by atoms with van der Waals surface area (Å²) in [5.41, 5.74) is 6.44. The molecule has 0 aliphatic heterocycles. The monoisotopic (exact) mass is 360 g/mol. The average Bonchev–Trinajstić information content (AvgIpc) is 2.57. The fourth-order valence-electron chi connectivity index (χ4n) is 1.92. The van der Waals surface area contributed by atoms with E-state index in [0.717, 1.165) is 0 Å². The number of carbonyl (C=O) groups is 1. The van der Waals surface area contributed by atoms with Crippen LogP contribution in [0.1, 0.15) is 10.4 Å². The van der Waals surface area contributed by atoms with Gasteiger partial charge in [0.15, 0.2) is 5.82 Å². The molecule has 0 aliphatic rings. The SMILES string of the molecule is Nc1cc(C(=O)Nc2ncnc(-c3cc(Cl)ccc3Cl)n2)ccn1. The summed E-state index contributed by atoms with van der Waals surface area (Å²) in [5.74, 6) is 0.196. The first kappa shape index (κ1) is 16.1. The van der Waals surface area contributed by atoms with Gasteiger partial charge >= 0.3 is 0 Å². The number of aromatic nitrogens is 4. The number of hydrogen-bond acceptors (Lipinski definition) is 6. The molecule has 0 atom stereocenters. The molecule has 3 aromatic rings. The summed E-state index contributed by atoms with van der Waals surface area (Å²) in [5, 5.41) is 3.50. The third-order valence-corrected chi connectivity index (χ3v) is 3.57. The molecule has 7 nitrogen and oxygen atoms in total. The van der Waals surface area contributed by atoms with Crippen LogP contribution in [0.2, 0.25) is 10.0 Å². The number of rotatable bonds is 3. The highest BCUT2D eigenvalue weighted by Gasteiger charge is 2.12. The Morgan fingerprint density at radius 2 is 1.92 bits per heavy atom. The lowest BCUT2D eigenvalue weighted by Crippen LogP contribution is -2.15. The van der Waals surface area contributed by atoms with Gasteiger partial charge in [0.2, 0.25) is 5.95 Å². The number of halogens is 2. The van der Waals surface area contributed by atoms with E-state index in [0.29, 0.717) is 27.0 Å². The lowest BCUT2D eigenvalue weighted by Gasteiger charge is -2.07. The summed E-state index contributed by atoms with van der Waals surface area (Å²) in [6, 6.07) is 7.91. The zero-order valence-corrected chi connectivity index (χ0v) is 13.6. The van der Waals surface area contributed by atoms with Gasteiger partial charge < -0.3 is 5.73 Å². The van der Waals surface area contributed by atoms with Gasteiger partial charge in [0.25, 0.3) is 5.91 Å². The molecular formula is C15H10Cl2N6O. The van der Waals surface area contributed by atoms with E-state index in [1.54, 1.807) is 18.2 Å². The Hall–Kier alpha value is -2.77. The van der Waals surface area contributed by atoms with Crippen LogP contribution in [0, 0.1) is 0 Å². The smallest absolute Gasteiger partial charge is 0.258 e. The van der Waals surface area contributed by atoms with Gasteiger partial charge in [0.05, 0.1) is 5.02 Å². The van der Waals surface area contributed by atoms with Crippen LogP contribution in [0.25, 0.3) is 11.4 Å². The van der Waals surface area contributed by atoms with E-state index in [2.05, 4.69) is 25.3 Å². The van der Waals surface area contributed by atoms with Gasteiger partial charge in [-0.25, -0.2) is 15.0 Å². The zero-order valence-electron chi connectivity index (χ0n) is 12.1. The van der Waals surface area contributed by atoms with Crippen molar-refractivity contribution in [1.82, 2.24) is 19.9 Å². The van der Waals surface area contributed by atoms with E-state index in [1.165, 1.54) is 24.7 Å². The van der Waals surface area contributed by atoms with Crippen molar-refractivity contribution in [1.29, 1.82) is 0 Å². The maximum atomic E-state index is 12.2. The Morgan fingerprint density at radius 1 is 1.08 bits per heavy atom. The number of pyridine rings is 1. The number of nitrogen functional groups attached to an aromatic ring is 1. The molecule has 0 unspecified atom stereocenters. The topological polar surface area (TPSA) is 107 Å². The molecule has 0 fully saturated rings. The van der Waals surface area contributed by atoms with Crippen molar-refractivity contribution in [2.45, 2.75) is 0 Å².